The van der Waals surface area contributed by atoms with Gasteiger partial charge in [0.25, 0.3) is 0 Å². The SMILES string of the molecule is OCC[C@]1(O)C(O)C(O)[C@H](O)C(O)[C@@H]1O. The molecule has 6 atom stereocenters. The van der Waals surface area contributed by atoms with Gasteiger partial charge in [0, 0.05) is 13.0 Å². The summed E-state index contributed by atoms with van der Waals surface area (Å²) in [5, 5.41) is 65.1. The van der Waals surface area contributed by atoms with Crippen molar-refractivity contribution in [2.24, 2.45) is 0 Å². The Morgan fingerprint density at radius 2 is 1.20 bits per heavy atom. The van der Waals surface area contributed by atoms with Crippen molar-refractivity contribution in [3.05, 3.63) is 0 Å². The minimum Gasteiger partial charge on any atom is -0.396 e. The molecule has 1 rings (SSSR count). The molecule has 0 amide bonds. The molecule has 0 heterocycles. The fraction of sp³-hybridized carbons (Fsp3) is 1.00. The fourth-order valence-electron chi connectivity index (χ4n) is 1.82. The summed E-state index contributed by atoms with van der Waals surface area (Å²) in [6, 6.07) is 0. The lowest BCUT2D eigenvalue weighted by Gasteiger charge is -2.47. The van der Waals surface area contributed by atoms with Crippen LogP contribution in [0, 0.1) is 0 Å². The van der Waals surface area contributed by atoms with E-state index < -0.39 is 49.1 Å². The topological polar surface area (TPSA) is 142 Å². The van der Waals surface area contributed by atoms with Crippen LogP contribution in [0.5, 0.6) is 0 Å². The predicted octanol–water partition coefficient (Wildman–Crippen LogP) is -4.08. The molecule has 0 aromatic carbocycles. The molecule has 0 aromatic heterocycles. The van der Waals surface area contributed by atoms with Gasteiger partial charge in [-0.25, -0.2) is 0 Å². The van der Waals surface area contributed by atoms with Crippen LogP contribution >= 0.6 is 0 Å². The maximum Gasteiger partial charge on any atom is 0.124 e. The molecule has 0 aromatic rings. The molecule has 0 saturated heterocycles. The highest BCUT2D eigenvalue weighted by atomic mass is 16.4. The monoisotopic (exact) mass is 224 g/mol. The first-order valence-corrected chi connectivity index (χ1v) is 4.60. The first kappa shape index (κ1) is 12.8. The van der Waals surface area contributed by atoms with Crippen molar-refractivity contribution in [2.75, 3.05) is 6.61 Å². The summed E-state index contributed by atoms with van der Waals surface area (Å²) in [5.74, 6) is 0. The first-order chi connectivity index (χ1) is 6.86. The zero-order valence-electron chi connectivity index (χ0n) is 7.93. The Kier molecular flexibility index (Phi) is 3.67. The highest BCUT2D eigenvalue weighted by molar-refractivity contribution is 5.08. The van der Waals surface area contributed by atoms with Gasteiger partial charge in [-0.15, -0.1) is 0 Å². The van der Waals surface area contributed by atoms with Crippen molar-refractivity contribution in [2.45, 2.75) is 42.5 Å². The first-order valence-electron chi connectivity index (χ1n) is 4.60. The molecule has 3 unspecified atom stereocenters. The Bertz CT molecular complexity index is 205. The zero-order valence-corrected chi connectivity index (χ0v) is 7.93. The van der Waals surface area contributed by atoms with Crippen LogP contribution in [0.4, 0.5) is 0 Å². The van der Waals surface area contributed by atoms with Gasteiger partial charge in [0.15, 0.2) is 0 Å². The van der Waals surface area contributed by atoms with Gasteiger partial charge in [0.2, 0.25) is 0 Å². The van der Waals surface area contributed by atoms with Crippen LogP contribution in [0.3, 0.4) is 0 Å². The van der Waals surface area contributed by atoms with Crippen molar-refractivity contribution < 1.29 is 35.7 Å². The Morgan fingerprint density at radius 3 is 1.53 bits per heavy atom. The van der Waals surface area contributed by atoms with Crippen LogP contribution in [-0.2, 0) is 0 Å². The third kappa shape index (κ3) is 1.87. The van der Waals surface area contributed by atoms with Crippen molar-refractivity contribution in [3.63, 3.8) is 0 Å². The molecule has 7 nitrogen and oxygen atoms in total. The van der Waals surface area contributed by atoms with Crippen molar-refractivity contribution >= 4 is 0 Å². The molecule has 0 radical (unpaired) electrons. The van der Waals surface area contributed by atoms with Gasteiger partial charge >= 0.3 is 0 Å². The van der Waals surface area contributed by atoms with Crippen LogP contribution < -0.4 is 0 Å². The molecule has 7 N–H and O–H groups in total. The molecule has 0 spiro atoms. The second-order valence-electron chi connectivity index (χ2n) is 3.83. The highest BCUT2D eigenvalue weighted by Gasteiger charge is 2.56. The molecule has 1 fully saturated rings. The van der Waals surface area contributed by atoms with Crippen molar-refractivity contribution in [1.29, 1.82) is 0 Å². The molecule has 0 bridgehead atoms. The van der Waals surface area contributed by atoms with Crippen LogP contribution in [0.2, 0.25) is 0 Å². The van der Waals surface area contributed by atoms with Gasteiger partial charge in [0.1, 0.15) is 36.1 Å². The maximum atomic E-state index is 9.78. The number of hydrogen-bond donors (Lipinski definition) is 7. The van der Waals surface area contributed by atoms with E-state index in [0.29, 0.717) is 0 Å². The number of rotatable bonds is 2. The van der Waals surface area contributed by atoms with Gasteiger partial charge < -0.3 is 35.7 Å². The third-order valence-electron chi connectivity index (χ3n) is 2.88. The largest absolute Gasteiger partial charge is 0.396 e. The van der Waals surface area contributed by atoms with Gasteiger partial charge in [-0.1, -0.05) is 0 Å². The normalized spacial score (nSPS) is 51.8. The molecule has 1 aliphatic carbocycles. The zero-order chi connectivity index (χ0) is 11.8. The molecule has 1 saturated carbocycles. The molecule has 90 valence electrons. The lowest BCUT2D eigenvalue weighted by atomic mass is 9.73. The highest BCUT2D eigenvalue weighted by Crippen LogP contribution is 2.32. The fourth-order valence-corrected chi connectivity index (χ4v) is 1.82. The summed E-state index contributed by atoms with van der Waals surface area (Å²) in [6.07, 6.45) is -9.39. The quantitative estimate of drug-likeness (QED) is 0.253. The number of aliphatic hydroxyl groups is 7. The average Bonchev–Trinajstić information content (AvgIpc) is 2.22. The standard InChI is InChI=1S/C8H16O7/c9-2-1-8(15)6(13)4(11)3(10)5(12)7(8)14/h3-7,9-15H,1-2H2/t3-,4?,5?,6+,7?,8-/m1/s1. The summed E-state index contributed by atoms with van der Waals surface area (Å²) < 4.78 is 0. The summed E-state index contributed by atoms with van der Waals surface area (Å²) >= 11 is 0. The second-order valence-corrected chi connectivity index (χ2v) is 3.83. The molecule has 7 heteroatoms. The number of aliphatic hydroxyl groups excluding tert-OH is 6. The smallest absolute Gasteiger partial charge is 0.124 e. The molecule has 0 aliphatic heterocycles. The van der Waals surface area contributed by atoms with Gasteiger partial charge in [-0.05, 0) is 0 Å². The maximum absolute atomic E-state index is 9.78. The average molecular weight is 224 g/mol. The van der Waals surface area contributed by atoms with E-state index in [1.54, 1.807) is 0 Å². The van der Waals surface area contributed by atoms with E-state index in [0.717, 1.165) is 0 Å². The van der Waals surface area contributed by atoms with E-state index in [9.17, 15) is 30.6 Å². The molecular weight excluding hydrogens is 208 g/mol. The lowest BCUT2D eigenvalue weighted by molar-refractivity contribution is -0.271. The van der Waals surface area contributed by atoms with Crippen LogP contribution in [0.1, 0.15) is 6.42 Å². The second kappa shape index (κ2) is 4.30. The van der Waals surface area contributed by atoms with E-state index >= 15 is 0 Å². The van der Waals surface area contributed by atoms with E-state index in [1.807, 2.05) is 0 Å². The van der Waals surface area contributed by atoms with Gasteiger partial charge in [0.05, 0.1) is 0 Å². The Morgan fingerprint density at radius 1 is 0.800 bits per heavy atom. The van der Waals surface area contributed by atoms with E-state index in [4.69, 9.17) is 5.11 Å². The van der Waals surface area contributed by atoms with E-state index in [2.05, 4.69) is 0 Å². The number of hydrogen-bond acceptors (Lipinski definition) is 7. The summed E-state index contributed by atoms with van der Waals surface area (Å²) in [4.78, 5) is 0. The molecule has 15 heavy (non-hydrogen) atoms. The van der Waals surface area contributed by atoms with Gasteiger partial charge in [-0.2, -0.15) is 0 Å². The third-order valence-corrected chi connectivity index (χ3v) is 2.88. The van der Waals surface area contributed by atoms with E-state index in [-0.39, 0.29) is 0 Å². The predicted molar refractivity (Wildman–Crippen MR) is 46.7 cm³/mol. The summed E-state index contributed by atoms with van der Waals surface area (Å²) in [5.41, 5.74) is -2.23. The van der Waals surface area contributed by atoms with Crippen LogP contribution in [0.25, 0.3) is 0 Å². The van der Waals surface area contributed by atoms with Crippen molar-refractivity contribution in [1.82, 2.24) is 0 Å². The minimum absolute atomic E-state index is 0.420. The Labute approximate surface area is 85.8 Å². The molecule has 1 aliphatic rings. The van der Waals surface area contributed by atoms with Crippen LogP contribution in [0.15, 0.2) is 0 Å². The van der Waals surface area contributed by atoms with Crippen molar-refractivity contribution in [3.8, 4) is 0 Å². The lowest BCUT2D eigenvalue weighted by Crippen LogP contribution is -2.70. The summed E-state index contributed by atoms with van der Waals surface area (Å²) in [7, 11) is 0. The molecular formula is C8H16O7. The van der Waals surface area contributed by atoms with Gasteiger partial charge in [-0.3, -0.25) is 0 Å². The summed E-state index contributed by atoms with van der Waals surface area (Å²) in [6.45, 7) is -0.542. The van der Waals surface area contributed by atoms with E-state index in [1.165, 1.54) is 0 Å². The minimum atomic E-state index is -2.23. The Balaban J connectivity index is 2.95. The Hall–Kier alpha value is -0.280. The van der Waals surface area contributed by atoms with Crippen LogP contribution in [-0.4, -0.2) is 78.5 Å².